The quantitative estimate of drug-likeness (QED) is 0.758. The molecule has 0 aliphatic heterocycles. The highest BCUT2D eigenvalue weighted by Gasteiger charge is 2.21. The molecule has 0 aliphatic rings. The standard InChI is InChI=1S/C19H21N3O2/c1-22(2)13-18(23)20-16(12-14-8-4-3-5-9-14)19-21-15-10-6-7-11-17(15)24-19/h3-11,16H,12-13H2,1-2H3,(H,20,23). The molecule has 0 radical (unpaired) electrons. The van der Waals surface area contributed by atoms with Gasteiger partial charge in [0.1, 0.15) is 11.6 Å². The number of nitrogens with zero attached hydrogens (tertiary/aromatic N) is 2. The van der Waals surface area contributed by atoms with Gasteiger partial charge in [0.2, 0.25) is 11.8 Å². The Bertz CT molecular complexity index is 779. The van der Waals surface area contributed by atoms with Crippen LogP contribution in [0.25, 0.3) is 11.1 Å². The van der Waals surface area contributed by atoms with E-state index in [1.165, 1.54) is 0 Å². The number of carbonyl (C=O) groups excluding carboxylic acids is 1. The van der Waals surface area contributed by atoms with Crippen LogP contribution in [-0.2, 0) is 11.2 Å². The molecule has 5 heteroatoms. The smallest absolute Gasteiger partial charge is 0.234 e. The van der Waals surface area contributed by atoms with E-state index in [1.807, 2.05) is 73.6 Å². The molecule has 1 heterocycles. The second-order valence-electron chi connectivity index (χ2n) is 6.07. The summed E-state index contributed by atoms with van der Waals surface area (Å²) >= 11 is 0. The van der Waals surface area contributed by atoms with Crippen molar-refractivity contribution < 1.29 is 9.21 Å². The SMILES string of the molecule is CN(C)CC(=O)NC(Cc1ccccc1)c1nc2ccccc2o1. The van der Waals surface area contributed by atoms with Gasteiger partial charge in [-0.2, -0.15) is 0 Å². The molecule has 124 valence electrons. The van der Waals surface area contributed by atoms with E-state index in [1.54, 1.807) is 0 Å². The highest BCUT2D eigenvalue weighted by molar-refractivity contribution is 5.78. The Morgan fingerprint density at radius 1 is 1.12 bits per heavy atom. The number of nitrogens with one attached hydrogen (secondary N) is 1. The molecule has 0 saturated heterocycles. The predicted molar refractivity (Wildman–Crippen MR) is 93.6 cm³/mol. The molecular formula is C19H21N3O2. The minimum absolute atomic E-state index is 0.0526. The number of hydrogen-bond donors (Lipinski definition) is 1. The molecule has 1 aromatic heterocycles. The van der Waals surface area contributed by atoms with Crippen molar-refractivity contribution in [3.05, 3.63) is 66.1 Å². The maximum Gasteiger partial charge on any atom is 0.234 e. The molecule has 3 aromatic rings. The van der Waals surface area contributed by atoms with Crippen LogP contribution < -0.4 is 5.32 Å². The van der Waals surface area contributed by atoms with Gasteiger partial charge in [0.25, 0.3) is 0 Å². The summed E-state index contributed by atoms with van der Waals surface area (Å²) in [6, 6.07) is 17.3. The van der Waals surface area contributed by atoms with Gasteiger partial charge < -0.3 is 14.6 Å². The van der Waals surface area contributed by atoms with Crippen molar-refractivity contribution in [3.8, 4) is 0 Å². The molecule has 1 N–H and O–H groups in total. The van der Waals surface area contributed by atoms with Crippen LogP contribution in [0.2, 0.25) is 0 Å². The lowest BCUT2D eigenvalue weighted by atomic mass is 10.1. The molecule has 0 saturated carbocycles. The number of rotatable bonds is 6. The topological polar surface area (TPSA) is 58.4 Å². The number of oxazole rings is 1. The Balaban J connectivity index is 1.87. The summed E-state index contributed by atoms with van der Waals surface area (Å²) in [4.78, 5) is 18.6. The van der Waals surface area contributed by atoms with Gasteiger partial charge in [0.05, 0.1) is 6.54 Å². The van der Waals surface area contributed by atoms with Crippen molar-refractivity contribution in [3.63, 3.8) is 0 Å². The van der Waals surface area contributed by atoms with Crippen molar-refractivity contribution in [2.45, 2.75) is 12.5 Å². The van der Waals surface area contributed by atoms with Crippen molar-refractivity contribution >= 4 is 17.0 Å². The molecule has 0 fully saturated rings. The van der Waals surface area contributed by atoms with Crippen LogP contribution in [0.4, 0.5) is 0 Å². The Labute approximate surface area is 141 Å². The predicted octanol–water partition coefficient (Wildman–Crippen LogP) is 2.79. The first-order valence-corrected chi connectivity index (χ1v) is 7.95. The fourth-order valence-electron chi connectivity index (χ4n) is 2.62. The van der Waals surface area contributed by atoms with E-state index in [-0.39, 0.29) is 11.9 Å². The Morgan fingerprint density at radius 3 is 2.54 bits per heavy atom. The summed E-state index contributed by atoms with van der Waals surface area (Å²) in [7, 11) is 3.73. The van der Waals surface area contributed by atoms with Crippen molar-refractivity contribution in [1.29, 1.82) is 0 Å². The number of carbonyl (C=O) groups is 1. The number of likely N-dealkylation sites (N-methyl/N-ethyl adjacent to an activating group) is 1. The molecule has 1 amide bonds. The zero-order chi connectivity index (χ0) is 16.9. The normalized spacial score (nSPS) is 12.5. The number of fused-ring (bicyclic) bond motifs is 1. The van der Waals surface area contributed by atoms with Gasteiger partial charge in [-0.25, -0.2) is 4.98 Å². The number of aromatic nitrogens is 1. The van der Waals surface area contributed by atoms with Gasteiger partial charge in [-0.05, 0) is 31.8 Å². The number of amides is 1. The van der Waals surface area contributed by atoms with E-state index in [0.29, 0.717) is 18.9 Å². The second kappa shape index (κ2) is 7.27. The zero-order valence-corrected chi connectivity index (χ0v) is 13.9. The summed E-state index contributed by atoms with van der Waals surface area (Å²) < 4.78 is 5.87. The van der Waals surface area contributed by atoms with Gasteiger partial charge in [0, 0.05) is 6.42 Å². The molecule has 3 rings (SSSR count). The molecule has 0 spiro atoms. The minimum atomic E-state index is -0.299. The average molecular weight is 323 g/mol. The van der Waals surface area contributed by atoms with Crippen LogP contribution in [0.1, 0.15) is 17.5 Å². The molecule has 1 unspecified atom stereocenters. The van der Waals surface area contributed by atoms with E-state index < -0.39 is 0 Å². The molecule has 0 bridgehead atoms. The molecule has 2 aromatic carbocycles. The van der Waals surface area contributed by atoms with Crippen LogP contribution in [0, 0.1) is 0 Å². The van der Waals surface area contributed by atoms with Crippen LogP contribution in [0.3, 0.4) is 0 Å². The molecule has 0 aliphatic carbocycles. The van der Waals surface area contributed by atoms with Crippen molar-refractivity contribution in [2.24, 2.45) is 0 Å². The fourth-order valence-corrected chi connectivity index (χ4v) is 2.62. The molecule has 5 nitrogen and oxygen atoms in total. The Hall–Kier alpha value is -2.66. The van der Waals surface area contributed by atoms with Crippen molar-refractivity contribution in [2.75, 3.05) is 20.6 Å². The van der Waals surface area contributed by atoms with Crippen LogP contribution in [0.5, 0.6) is 0 Å². The first-order valence-electron chi connectivity index (χ1n) is 7.95. The van der Waals surface area contributed by atoms with Crippen LogP contribution in [-0.4, -0.2) is 36.4 Å². The van der Waals surface area contributed by atoms with E-state index in [4.69, 9.17) is 4.42 Å². The number of para-hydroxylation sites is 2. The molecule has 24 heavy (non-hydrogen) atoms. The second-order valence-corrected chi connectivity index (χ2v) is 6.07. The lowest BCUT2D eigenvalue weighted by Crippen LogP contribution is -2.36. The fraction of sp³-hybridized carbons (Fsp3) is 0.263. The van der Waals surface area contributed by atoms with E-state index >= 15 is 0 Å². The van der Waals surface area contributed by atoms with Crippen molar-refractivity contribution in [1.82, 2.24) is 15.2 Å². The van der Waals surface area contributed by atoms with Crippen LogP contribution in [0.15, 0.2) is 59.0 Å². The number of benzene rings is 2. The third kappa shape index (κ3) is 4.00. The summed E-state index contributed by atoms with van der Waals surface area (Å²) in [5.74, 6) is 0.482. The highest BCUT2D eigenvalue weighted by atomic mass is 16.3. The summed E-state index contributed by atoms with van der Waals surface area (Å²) in [6.45, 7) is 0.325. The maximum atomic E-state index is 12.2. The third-order valence-electron chi connectivity index (χ3n) is 3.69. The van der Waals surface area contributed by atoms with Gasteiger partial charge in [0.15, 0.2) is 5.58 Å². The van der Waals surface area contributed by atoms with E-state index in [0.717, 1.165) is 16.7 Å². The summed E-state index contributed by atoms with van der Waals surface area (Å²) in [5.41, 5.74) is 2.65. The lowest BCUT2D eigenvalue weighted by Gasteiger charge is -2.17. The largest absolute Gasteiger partial charge is 0.438 e. The van der Waals surface area contributed by atoms with E-state index in [2.05, 4.69) is 10.3 Å². The number of hydrogen-bond acceptors (Lipinski definition) is 4. The molecular weight excluding hydrogens is 302 g/mol. The van der Waals surface area contributed by atoms with Crippen LogP contribution >= 0.6 is 0 Å². The zero-order valence-electron chi connectivity index (χ0n) is 13.9. The van der Waals surface area contributed by atoms with Gasteiger partial charge in [-0.1, -0.05) is 42.5 Å². The summed E-state index contributed by atoms with van der Waals surface area (Å²) in [5, 5.41) is 3.04. The average Bonchev–Trinajstić information content (AvgIpc) is 2.98. The minimum Gasteiger partial charge on any atom is -0.438 e. The maximum absolute atomic E-state index is 12.2. The monoisotopic (exact) mass is 323 g/mol. The Kier molecular flexibility index (Phi) is 4.91. The highest BCUT2D eigenvalue weighted by Crippen LogP contribution is 2.23. The Morgan fingerprint density at radius 2 is 1.83 bits per heavy atom. The third-order valence-corrected chi connectivity index (χ3v) is 3.69. The molecule has 1 atom stereocenters. The first-order chi connectivity index (χ1) is 11.6. The van der Waals surface area contributed by atoms with Gasteiger partial charge in [-0.3, -0.25) is 4.79 Å². The van der Waals surface area contributed by atoms with Gasteiger partial charge in [-0.15, -0.1) is 0 Å². The summed E-state index contributed by atoms with van der Waals surface area (Å²) in [6.07, 6.45) is 0.632. The first kappa shape index (κ1) is 16.2. The van der Waals surface area contributed by atoms with Gasteiger partial charge >= 0.3 is 0 Å². The van der Waals surface area contributed by atoms with E-state index in [9.17, 15) is 4.79 Å². The lowest BCUT2D eigenvalue weighted by molar-refractivity contribution is -0.122.